The lowest BCUT2D eigenvalue weighted by atomic mass is 9.69. The number of esters is 1. The maximum atomic E-state index is 13.9. The SMILES string of the molecule is COC(=O)C1(CC=C=Cc2cccc(C)c2)C(=O)c2ccccc2OC1c1ccc(C)cc1. The average Bonchev–Trinajstić information content (AvgIpc) is 2.83. The van der Waals surface area contributed by atoms with Crippen LogP contribution >= 0.6 is 0 Å². The summed E-state index contributed by atoms with van der Waals surface area (Å²) in [5.74, 6) is -0.469. The van der Waals surface area contributed by atoms with E-state index >= 15 is 0 Å². The quantitative estimate of drug-likeness (QED) is 0.277. The Kier molecular flexibility index (Phi) is 6.30. The number of methoxy groups -OCH3 is 1. The summed E-state index contributed by atoms with van der Waals surface area (Å²) in [6, 6.07) is 22.7. The Balaban J connectivity index is 1.82. The molecule has 0 saturated carbocycles. The molecular formula is C29H26O4. The molecule has 0 bridgehead atoms. The van der Waals surface area contributed by atoms with E-state index in [-0.39, 0.29) is 12.2 Å². The number of Topliss-reactive ketones (excluding diaryl/α,β-unsaturated/α-hetero) is 1. The van der Waals surface area contributed by atoms with Gasteiger partial charge in [0, 0.05) is 6.42 Å². The van der Waals surface area contributed by atoms with Crippen molar-refractivity contribution in [3.8, 4) is 5.75 Å². The minimum Gasteiger partial charge on any atom is -0.483 e. The van der Waals surface area contributed by atoms with Crippen molar-refractivity contribution in [1.29, 1.82) is 0 Å². The second-order valence-electron chi connectivity index (χ2n) is 8.33. The van der Waals surface area contributed by atoms with Crippen molar-refractivity contribution < 1.29 is 19.1 Å². The van der Waals surface area contributed by atoms with Crippen LogP contribution in [0.3, 0.4) is 0 Å². The van der Waals surface area contributed by atoms with Crippen LogP contribution in [0, 0.1) is 19.3 Å². The van der Waals surface area contributed by atoms with Crippen LogP contribution in [0.15, 0.2) is 84.6 Å². The molecule has 166 valence electrons. The zero-order valence-electron chi connectivity index (χ0n) is 19.0. The Morgan fingerprint density at radius 1 is 1.03 bits per heavy atom. The van der Waals surface area contributed by atoms with Gasteiger partial charge < -0.3 is 9.47 Å². The molecule has 0 fully saturated rings. The monoisotopic (exact) mass is 438 g/mol. The molecule has 4 rings (SSSR count). The molecule has 1 aliphatic rings. The molecule has 1 aliphatic heterocycles. The van der Waals surface area contributed by atoms with Crippen molar-refractivity contribution in [2.24, 2.45) is 5.41 Å². The average molecular weight is 439 g/mol. The fourth-order valence-corrected chi connectivity index (χ4v) is 4.24. The van der Waals surface area contributed by atoms with E-state index in [1.165, 1.54) is 7.11 Å². The van der Waals surface area contributed by atoms with Crippen LogP contribution < -0.4 is 4.74 Å². The van der Waals surface area contributed by atoms with E-state index in [0.717, 1.165) is 22.3 Å². The smallest absolute Gasteiger partial charge is 0.324 e. The normalized spacial score (nSPS) is 19.0. The van der Waals surface area contributed by atoms with Crippen LogP contribution in [-0.4, -0.2) is 18.9 Å². The molecule has 2 atom stereocenters. The van der Waals surface area contributed by atoms with Gasteiger partial charge in [-0.2, -0.15) is 0 Å². The van der Waals surface area contributed by atoms with Gasteiger partial charge in [-0.05, 0) is 49.3 Å². The molecule has 0 N–H and O–H groups in total. The fraction of sp³-hybridized carbons (Fsp3) is 0.207. The number of aryl methyl sites for hydroxylation is 2. The molecule has 0 saturated heterocycles. The maximum absolute atomic E-state index is 13.9. The molecule has 0 aliphatic carbocycles. The lowest BCUT2D eigenvalue weighted by Gasteiger charge is -2.40. The summed E-state index contributed by atoms with van der Waals surface area (Å²) in [6.45, 7) is 4.01. The van der Waals surface area contributed by atoms with Gasteiger partial charge in [0.25, 0.3) is 0 Å². The third-order valence-electron chi connectivity index (χ3n) is 5.99. The van der Waals surface area contributed by atoms with E-state index in [2.05, 4.69) is 5.73 Å². The van der Waals surface area contributed by atoms with Gasteiger partial charge in [0.05, 0.1) is 12.7 Å². The summed E-state index contributed by atoms with van der Waals surface area (Å²) in [6.07, 6.45) is 2.81. The largest absolute Gasteiger partial charge is 0.483 e. The summed E-state index contributed by atoms with van der Waals surface area (Å²) in [7, 11) is 1.30. The Bertz CT molecular complexity index is 1250. The molecule has 3 aromatic carbocycles. The van der Waals surface area contributed by atoms with Gasteiger partial charge in [0.15, 0.2) is 11.2 Å². The number of hydrogen-bond acceptors (Lipinski definition) is 4. The highest BCUT2D eigenvalue weighted by Crippen LogP contribution is 2.49. The first-order valence-electron chi connectivity index (χ1n) is 10.9. The number of carbonyl (C=O) groups excluding carboxylic acids is 2. The van der Waals surface area contributed by atoms with Crippen LogP contribution in [0.4, 0.5) is 0 Å². The third-order valence-corrected chi connectivity index (χ3v) is 5.99. The minimum atomic E-state index is -1.56. The first-order valence-corrected chi connectivity index (χ1v) is 10.9. The van der Waals surface area contributed by atoms with Gasteiger partial charge >= 0.3 is 5.97 Å². The van der Waals surface area contributed by atoms with Crippen molar-refractivity contribution in [3.05, 3.63) is 112 Å². The summed E-state index contributed by atoms with van der Waals surface area (Å²) in [5.41, 5.74) is 5.90. The number of fused-ring (bicyclic) bond motifs is 1. The second-order valence-corrected chi connectivity index (χ2v) is 8.33. The molecule has 0 amide bonds. The first-order chi connectivity index (χ1) is 16.0. The molecule has 0 spiro atoms. The number of benzene rings is 3. The lowest BCUT2D eigenvalue weighted by Crippen LogP contribution is -2.49. The molecule has 0 radical (unpaired) electrons. The summed E-state index contributed by atoms with van der Waals surface area (Å²) in [5, 5.41) is 0. The minimum absolute atomic E-state index is 0.0910. The molecule has 33 heavy (non-hydrogen) atoms. The number of allylic oxidation sites excluding steroid dienone is 1. The van der Waals surface area contributed by atoms with Crippen LogP contribution in [-0.2, 0) is 9.53 Å². The van der Waals surface area contributed by atoms with Crippen molar-refractivity contribution >= 4 is 17.8 Å². The topological polar surface area (TPSA) is 52.6 Å². The Morgan fingerprint density at radius 2 is 1.79 bits per heavy atom. The fourth-order valence-electron chi connectivity index (χ4n) is 4.24. The number of carbonyl (C=O) groups is 2. The Morgan fingerprint density at radius 3 is 2.52 bits per heavy atom. The predicted octanol–water partition coefficient (Wildman–Crippen LogP) is 6.04. The van der Waals surface area contributed by atoms with Gasteiger partial charge in [0.2, 0.25) is 0 Å². The first kappa shape index (κ1) is 22.3. The second kappa shape index (κ2) is 9.32. The van der Waals surface area contributed by atoms with Crippen LogP contribution in [0.2, 0.25) is 0 Å². The molecule has 4 heteroatoms. The van der Waals surface area contributed by atoms with Gasteiger partial charge in [-0.3, -0.25) is 9.59 Å². The van der Waals surface area contributed by atoms with Crippen molar-refractivity contribution in [2.75, 3.05) is 7.11 Å². The van der Waals surface area contributed by atoms with Crippen LogP contribution in [0.1, 0.15) is 45.1 Å². The molecule has 1 heterocycles. The van der Waals surface area contributed by atoms with E-state index in [0.29, 0.717) is 11.3 Å². The standard InChI is InChI=1S/C29H26O4/c1-20-14-16-23(17-15-20)27-29(28(31)32-3,26(30)24-12-4-5-13-25(24)33-27)18-7-6-10-22-11-8-9-21(2)19-22/h4-5,7-17,19,27H,18H2,1-3H3. The zero-order valence-corrected chi connectivity index (χ0v) is 19.0. The zero-order chi connectivity index (χ0) is 23.4. The molecule has 0 aromatic heterocycles. The summed E-state index contributed by atoms with van der Waals surface area (Å²) >= 11 is 0. The van der Waals surface area contributed by atoms with Gasteiger partial charge in [-0.25, -0.2) is 0 Å². The van der Waals surface area contributed by atoms with Crippen molar-refractivity contribution in [1.82, 2.24) is 0 Å². The third kappa shape index (κ3) is 4.26. The van der Waals surface area contributed by atoms with Crippen molar-refractivity contribution in [3.63, 3.8) is 0 Å². The Labute approximate surface area is 194 Å². The predicted molar refractivity (Wildman–Crippen MR) is 128 cm³/mol. The molecular weight excluding hydrogens is 412 g/mol. The van der Waals surface area contributed by atoms with E-state index in [9.17, 15) is 9.59 Å². The summed E-state index contributed by atoms with van der Waals surface area (Å²) in [4.78, 5) is 27.1. The van der Waals surface area contributed by atoms with E-state index in [1.54, 1.807) is 24.3 Å². The number of para-hydroxylation sites is 1. The summed E-state index contributed by atoms with van der Waals surface area (Å²) < 4.78 is 11.5. The number of ketones is 1. The number of ether oxygens (including phenoxy) is 2. The van der Waals surface area contributed by atoms with Gasteiger partial charge in [0.1, 0.15) is 11.9 Å². The van der Waals surface area contributed by atoms with Gasteiger partial charge in [-0.1, -0.05) is 71.8 Å². The van der Waals surface area contributed by atoms with Crippen LogP contribution in [0.5, 0.6) is 5.75 Å². The number of rotatable bonds is 5. The highest BCUT2D eigenvalue weighted by atomic mass is 16.5. The van der Waals surface area contributed by atoms with Crippen LogP contribution in [0.25, 0.3) is 6.08 Å². The van der Waals surface area contributed by atoms with Crippen molar-refractivity contribution in [2.45, 2.75) is 26.4 Å². The highest BCUT2D eigenvalue weighted by Gasteiger charge is 2.58. The molecule has 2 unspecified atom stereocenters. The van der Waals surface area contributed by atoms with E-state index < -0.39 is 17.5 Å². The maximum Gasteiger partial charge on any atom is 0.324 e. The molecule has 4 nitrogen and oxygen atoms in total. The lowest BCUT2D eigenvalue weighted by molar-refractivity contribution is -0.155. The van der Waals surface area contributed by atoms with Gasteiger partial charge in [-0.15, -0.1) is 5.73 Å². The van der Waals surface area contributed by atoms with E-state index in [4.69, 9.17) is 9.47 Å². The highest BCUT2D eigenvalue weighted by molar-refractivity contribution is 6.15. The Hall–Kier alpha value is -3.88. The van der Waals surface area contributed by atoms with E-state index in [1.807, 2.05) is 74.5 Å². The molecule has 3 aromatic rings. The number of hydrogen-bond donors (Lipinski definition) is 0.